The minimum absolute atomic E-state index is 0.719. The maximum absolute atomic E-state index is 5.67. The van der Waals surface area contributed by atoms with Gasteiger partial charge in [0, 0.05) is 5.56 Å². The molecule has 1 aliphatic rings. The largest absolute Gasteiger partial charge is 0.494 e. The van der Waals surface area contributed by atoms with Gasteiger partial charge in [-0.15, -0.1) is 0 Å². The first-order chi connectivity index (χ1) is 8.24. The van der Waals surface area contributed by atoms with Crippen LogP contribution < -0.4 is 0 Å². The Labute approximate surface area is 103 Å². The fourth-order valence-corrected chi connectivity index (χ4v) is 2.13. The van der Waals surface area contributed by atoms with Gasteiger partial charge in [0.05, 0.1) is 19.8 Å². The zero-order chi connectivity index (χ0) is 12.3. The molecule has 1 aromatic carbocycles. The highest BCUT2D eigenvalue weighted by atomic mass is 16.5. The summed E-state index contributed by atoms with van der Waals surface area (Å²) < 4.78 is 11.1. The fraction of sp³-hybridized carbons (Fsp3) is 0.467. The number of ether oxygens (including phenoxy) is 2. The summed E-state index contributed by atoms with van der Waals surface area (Å²) in [5, 5.41) is 0. The van der Waals surface area contributed by atoms with E-state index in [1.165, 1.54) is 16.7 Å². The molecule has 0 aliphatic carbocycles. The van der Waals surface area contributed by atoms with Crippen molar-refractivity contribution in [3.63, 3.8) is 0 Å². The summed E-state index contributed by atoms with van der Waals surface area (Å²) in [6.07, 6.45) is 2.22. The second-order valence-electron chi connectivity index (χ2n) is 4.49. The van der Waals surface area contributed by atoms with Crippen LogP contribution in [0.5, 0.6) is 0 Å². The topological polar surface area (TPSA) is 18.5 Å². The lowest BCUT2D eigenvalue weighted by Crippen LogP contribution is -1.99. The molecule has 1 heterocycles. The zero-order valence-corrected chi connectivity index (χ0v) is 10.7. The Bertz CT molecular complexity index is 421. The van der Waals surface area contributed by atoms with E-state index in [0.29, 0.717) is 0 Å². The Morgan fingerprint density at radius 2 is 2.24 bits per heavy atom. The van der Waals surface area contributed by atoms with Crippen LogP contribution in [0.25, 0.3) is 5.76 Å². The molecule has 0 radical (unpaired) electrons. The van der Waals surface area contributed by atoms with Crippen molar-refractivity contribution < 1.29 is 9.47 Å². The molecule has 0 aromatic heterocycles. The molecular weight excluding hydrogens is 212 g/mol. The van der Waals surface area contributed by atoms with Gasteiger partial charge in [0.2, 0.25) is 0 Å². The van der Waals surface area contributed by atoms with Crippen molar-refractivity contribution in [3.8, 4) is 0 Å². The summed E-state index contributed by atoms with van der Waals surface area (Å²) in [6.45, 7) is 10.5. The van der Waals surface area contributed by atoms with E-state index in [0.717, 1.165) is 44.0 Å². The average molecular weight is 232 g/mol. The van der Waals surface area contributed by atoms with Crippen molar-refractivity contribution in [2.24, 2.45) is 0 Å². The third kappa shape index (κ3) is 2.52. The zero-order valence-electron chi connectivity index (χ0n) is 10.7. The Morgan fingerprint density at radius 3 is 3.00 bits per heavy atom. The van der Waals surface area contributed by atoms with Gasteiger partial charge in [0.25, 0.3) is 0 Å². The lowest BCUT2D eigenvalue weighted by molar-refractivity contribution is 0.134. The lowest BCUT2D eigenvalue weighted by atomic mass is 9.98. The first-order valence-corrected chi connectivity index (χ1v) is 6.25. The lowest BCUT2D eigenvalue weighted by Gasteiger charge is -2.13. The molecule has 0 N–H and O–H groups in total. The highest BCUT2D eigenvalue weighted by molar-refractivity contribution is 5.63. The molecular formula is C15H20O2. The molecule has 2 rings (SSSR count). The van der Waals surface area contributed by atoms with Gasteiger partial charge in [-0.3, -0.25) is 0 Å². The van der Waals surface area contributed by atoms with Crippen molar-refractivity contribution in [3.05, 3.63) is 41.0 Å². The van der Waals surface area contributed by atoms with Crippen molar-refractivity contribution in [1.82, 2.24) is 0 Å². The maximum Gasteiger partial charge on any atom is 0.119 e. The number of unbranched alkanes of at least 4 members (excludes halogenated alkanes) is 1. The van der Waals surface area contributed by atoms with Gasteiger partial charge in [-0.2, -0.15) is 0 Å². The van der Waals surface area contributed by atoms with Crippen LogP contribution in [0.15, 0.2) is 18.7 Å². The Balaban J connectivity index is 2.13. The van der Waals surface area contributed by atoms with Crippen LogP contribution in [-0.4, -0.2) is 6.61 Å². The Hall–Kier alpha value is -1.28. The van der Waals surface area contributed by atoms with Crippen LogP contribution >= 0.6 is 0 Å². The van der Waals surface area contributed by atoms with Gasteiger partial charge < -0.3 is 9.47 Å². The predicted octanol–water partition coefficient (Wildman–Crippen LogP) is 3.81. The van der Waals surface area contributed by atoms with E-state index in [1.54, 1.807) is 0 Å². The van der Waals surface area contributed by atoms with Crippen molar-refractivity contribution in [1.29, 1.82) is 0 Å². The smallest absolute Gasteiger partial charge is 0.119 e. The molecule has 17 heavy (non-hydrogen) atoms. The Kier molecular flexibility index (Phi) is 3.85. The molecule has 0 fully saturated rings. The molecule has 2 heteroatoms. The van der Waals surface area contributed by atoms with E-state index >= 15 is 0 Å². The van der Waals surface area contributed by atoms with Crippen LogP contribution in [0.4, 0.5) is 0 Å². The van der Waals surface area contributed by atoms with Crippen LogP contribution in [0.3, 0.4) is 0 Å². The SMILES string of the molecule is C=C(OCCCC)c1ccc2c(c1C)COC2. The summed E-state index contributed by atoms with van der Waals surface area (Å²) in [7, 11) is 0. The standard InChI is InChI=1S/C15H20O2/c1-4-5-8-17-12(3)14-7-6-13-9-16-10-15(13)11(14)2/h6-7H,3-5,8-10H2,1-2H3. The van der Waals surface area contributed by atoms with Crippen molar-refractivity contribution in [2.45, 2.75) is 39.9 Å². The normalized spacial score (nSPS) is 13.5. The maximum atomic E-state index is 5.67. The number of hydrogen-bond acceptors (Lipinski definition) is 2. The van der Waals surface area contributed by atoms with E-state index in [1.807, 2.05) is 0 Å². The summed E-state index contributed by atoms with van der Waals surface area (Å²) in [5.74, 6) is 0.783. The van der Waals surface area contributed by atoms with Crippen LogP contribution in [0.1, 0.15) is 42.0 Å². The summed E-state index contributed by atoms with van der Waals surface area (Å²) in [6, 6.07) is 4.22. The van der Waals surface area contributed by atoms with E-state index in [-0.39, 0.29) is 0 Å². The van der Waals surface area contributed by atoms with Crippen LogP contribution in [-0.2, 0) is 22.7 Å². The van der Waals surface area contributed by atoms with Crippen molar-refractivity contribution in [2.75, 3.05) is 6.61 Å². The van der Waals surface area contributed by atoms with Crippen LogP contribution in [0.2, 0.25) is 0 Å². The highest BCUT2D eigenvalue weighted by Crippen LogP contribution is 2.29. The van der Waals surface area contributed by atoms with E-state index < -0.39 is 0 Å². The molecule has 1 aromatic rings. The Morgan fingerprint density at radius 1 is 1.41 bits per heavy atom. The highest BCUT2D eigenvalue weighted by Gasteiger charge is 2.17. The second-order valence-corrected chi connectivity index (χ2v) is 4.49. The number of hydrogen-bond donors (Lipinski definition) is 0. The van der Waals surface area contributed by atoms with Crippen LogP contribution in [0, 0.1) is 6.92 Å². The van der Waals surface area contributed by atoms with Gasteiger partial charge in [0.1, 0.15) is 5.76 Å². The molecule has 0 spiro atoms. The van der Waals surface area contributed by atoms with E-state index in [9.17, 15) is 0 Å². The summed E-state index contributed by atoms with van der Waals surface area (Å²) >= 11 is 0. The van der Waals surface area contributed by atoms with E-state index in [2.05, 4.69) is 32.6 Å². The quantitative estimate of drug-likeness (QED) is 0.567. The predicted molar refractivity (Wildman–Crippen MR) is 69.6 cm³/mol. The minimum Gasteiger partial charge on any atom is -0.494 e. The van der Waals surface area contributed by atoms with Gasteiger partial charge in [0.15, 0.2) is 0 Å². The monoisotopic (exact) mass is 232 g/mol. The van der Waals surface area contributed by atoms with Gasteiger partial charge >= 0.3 is 0 Å². The molecule has 0 bridgehead atoms. The molecule has 92 valence electrons. The number of rotatable bonds is 5. The first kappa shape index (κ1) is 12.2. The first-order valence-electron chi connectivity index (χ1n) is 6.25. The molecule has 0 amide bonds. The molecule has 0 unspecified atom stereocenters. The van der Waals surface area contributed by atoms with Gasteiger partial charge in [-0.25, -0.2) is 0 Å². The summed E-state index contributed by atoms with van der Waals surface area (Å²) in [5.41, 5.74) is 4.97. The molecule has 2 nitrogen and oxygen atoms in total. The second kappa shape index (κ2) is 5.37. The molecule has 0 saturated carbocycles. The number of fused-ring (bicyclic) bond motifs is 1. The van der Waals surface area contributed by atoms with Gasteiger partial charge in [-0.05, 0) is 30.0 Å². The molecule has 1 aliphatic heterocycles. The summed E-state index contributed by atoms with van der Waals surface area (Å²) in [4.78, 5) is 0. The minimum atomic E-state index is 0.719. The molecule has 0 atom stereocenters. The third-order valence-electron chi connectivity index (χ3n) is 3.27. The molecule has 0 saturated heterocycles. The van der Waals surface area contributed by atoms with E-state index in [4.69, 9.17) is 9.47 Å². The van der Waals surface area contributed by atoms with Crippen molar-refractivity contribution >= 4 is 5.76 Å². The number of benzene rings is 1. The fourth-order valence-electron chi connectivity index (χ4n) is 2.13. The average Bonchev–Trinajstić information content (AvgIpc) is 2.78. The third-order valence-corrected chi connectivity index (χ3v) is 3.27. The van der Waals surface area contributed by atoms with Gasteiger partial charge in [-0.1, -0.05) is 32.1 Å².